The van der Waals surface area contributed by atoms with Gasteiger partial charge in [-0.15, -0.1) is 0 Å². The van der Waals surface area contributed by atoms with Crippen molar-refractivity contribution in [3.8, 4) is 0 Å². The maximum Gasteiger partial charge on any atom is 0.160 e. The molecule has 0 aliphatic rings. The quantitative estimate of drug-likeness (QED) is 0.455. The van der Waals surface area contributed by atoms with Crippen LogP contribution >= 0.6 is 23.2 Å². The van der Waals surface area contributed by atoms with E-state index in [1.807, 2.05) is 0 Å². The van der Waals surface area contributed by atoms with Gasteiger partial charge in [-0.2, -0.15) is 0 Å². The Morgan fingerprint density at radius 2 is 2.08 bits per heavy atom. The summed E-state index contributed by atoms with van der Waals surface area (Å²) in [7, 11) is 0. The minimum Gasteiger partial charge on any atom is -0.389 e. The first-order valence-corrected chi connectivity index (χ1v) is 8.18. The highest BCUT2D eigenvalue weighted by Gasteiger charge is 2.13. The predicted octanol–water partition coefficient (Wildman–Crippen LogP) is 4.48. The van der Waals surface area contributed by atoms with Gasteiger partial charge in [0.05, 0.1) is 28.6 Å². The molecular weight excluding hydrogens is 385 g/mol. The standard InChI is InChI=1S/C17H12Cl2F2N4O/c18-11-5-14(19)17(23-7-11)9-26-24-16(8-25-4-3-22-10-25)13-2-1-12(20)6-15(13)21/h1-7,10H,8-9H2. The Kier molecular flexibility index (Phi) is 5.80. The van der Waals surface area contributed by atoms with Crippen molar-refractivity contribution in [1.82, 2.24) is 14.5 Å². The molecule has 0 N–H and O–H groups in total. The molecule has 0 saturated carbocycles. The molecule has 26 heavy (non-hydrogen) atoms. The lowest BCUT2D eigenvalue weighted by Crippen LogP contribution is -2.13. The van der Waals surface area contributed by atoms with Crippen molar-refractivity contribution < 1.29 is 13.6 Å². The number of nitrogens with zero attached hydrogens (tertiary/aromatic N) is 4. The minimum atomic E-state index is -0.741. The number of rotatable bonds is 6. The fraction of sp³-hybridized carbons (Fsp3) is 0.118. The van der Waals surface area contributed by atoms with Crippen molar-refractivity contribution in [3.05, 3.63) is 82.1 Å². The summed E-state index contributed by atoms with van der Waals surface area (Å²) in [4.78, 5) is 13.3. The van der Waals surface area contributed by atoms with E-state index in [0.717, 1.165) is 12.1 Å². The number of hydrogen-bond donors (Lipinski definition) is 0. The average molecular weight is 397 g/mol. The lowest BCUT2D eigenvalue weighted by Gasteiger charge is -2.09. The molecule has 1 aromatic carbocycles. The first kappa shape index (κ1) is 18.3. The van der Waals surface area contributed by atoms with Crippen LogP contribution in [-0.2, 0) is 18.0 Å². The normalized spacial score (nSPS) is 11.6. The Hall–Kier alpha value is -2.51. The molecule has 2 heterocycles. The van der Waals surface area contributed by atoms with Crippen LogP contribution in [0.4, 0.5) is 8.78 Å². The fourth-order valence-electron chi connectivity index (χ4n) is 2.16. The van der Waals surface area contributed by atoms with Crippen LogP contribution in [0.15, 0.2) is 54.3 Å². The van der Waals surface area contributed by atoms with Crippen LogP contribution in [0.25, 0.3) is 0 Å². The van der Waals surface area contributed by atoms with Crippen LogP contribution < -0.4 is 0 Å². The van der Waals surface area contributed by atoms with E-state index in [9.17, 15) is 8.78 Å². The Morgan fingerprint density at radius 3 is 2.77 bits per heavy atom. The summed E-state index contributed by atoms with van der Waals surface area (Å²) < 4.78 is 29.0. The second kappa shape index (κ2) is 8.25. The number of imidazole rings is 1. The number of pyridine rings is 1. The second-order valence-corrected chi connectivity index (χ2v) is 6.10. The van der Waals surface area contributed by atoms with Crippen molar-refractivity contribution in [2.24, 2.45) is 5.16 Å². The summed E-state index contributed by atoms with van der Waals surface area (Å²) in [6.45, 7) is 0.149. The summed E-state index contributed by atoms with van der Waals surface area (Å²) in [6.07, 6.45) is 6.25. The monoisotopic (exact) mass is 396 g/mol. The topological polar surface area (TPSA) is 52.3 Å². The van der Waals surface area contributed by atoms with Gasteiger partial charge in [-0.25, -0.2) is 13.8 Å². The van der Waals surface area contributed by atoms with Crippen LogP contribution in [0.5, 0.6) is 0 Å². The van der Waals surface area contributed by atoms with Gasteiger partial charge in [-0.1, -0.05) is 28.4 Å². The molecule has 0 unspecified atom stereocenters. The number of hydrogen-bond acceptors (Lipinski definition) is 4. The molecule has 0 spiro atoms. The first-order chi connectivity index (χ1) is 12.5. The second-order valence-electron chi connectivity index (χ2n) is 5.25. The minimum absolute atomic E-state index is 0.0355. The zero-order valence-electron chi connectivity index (χ0n) is 13.2. The number of oxime groups is 1. The Balaban J connectivity index is 1.83. The van der Waals surface area contributed by atoms with Crippen molar-refractivity contribution in [2.75, 3.05) is 0 Å². The number of benzene rings is 1. The van der Waals surface area contributed by atoms with E-state index < -0.39 is 11.6 Å². The van der Waals surface area contributed by atoms with E-state index in [1.54, 1.807) is 23.3 Å². The average Bonchev–Trinajstić information content (AvgIpc) is 3.09. The van der Waals surface area contributed by atoms with E-state index >= 15 is 0 Å². The largest absolute Gasteiger partial charge is 0.389 e. The zero-order valence-corrected chi connectivity index (χ0v) is 14.8. The molecule has 3 aromatic rings. The fourth-order valence-corrected chi connectivity index (χ4v) is 2.60. The van der Waals surface area contributed by atoms with Crippen LogP contribution in [0.3, 0.4) is 0 Å². The smallest absolute Gasteiger partial charge is 0.160 e. The molecule has 0 aliphatic heterocycles. The van der Waals surface area contributed by atoms with Gasteiger partial charge in [-0.05, 0) is 18.2 Å². The number of aromatic nitrogens is 3. The predicted molar refractivity (Wildman–Crippen MR) is 94.2 cm³/mol. The number of halogens is 4. The molecule has 0 atom stereocenters. The highest BCUT2D eigenvalue weighted by atomic mass is 35.5. The van der Waals surface area contributed by atoms with Crippen LogP contribution in [0.1, 0.15) is 11.3 Å². The van der Waals surface area contributed by atoms with E-state index in [2.05, 4.69) is 15.1 Å². The molecule has 0 aliphatic carbocycles. The third kappa shape index (κ3) is 4.56. The molecule has 134 valence electrons. The molecule has 0 radical (unpaired) electrons. The molecule has 3 rings (SSSR count). The van der Waals surface area contributed by atoms with E-state index in [-0.39, 0.29) is 24.4 Å². The third-order valence-corrected chi connectivity index (χ3v) is 3.93. The maximum atomic E-state index is 14.1. The Morgan fingerprint density at radius 1 is 1.23 bits per heavy atom. The van der Waals surface area contributed by atoms with Gasteiger partial charge < -0.3 is 9.40 Å². The molecule has 0 bridgehead atoms. The van der Waals surface area contributed by atoms with Crippen LogP contribution in [0, 0.1) is 11.6 Å². The van der Waals surface area contributed by atoms with Crippen molar-refractivity contribution in [3.63, 3.8) is 0 Å². The maximum absolute atomic E-state index is 14.1. The van der Waals surface area contributed by atoms with Crippen molar-refractivity contribution in [1.29, 1.82) is 0 Å². The van der Waals surface area contributed by atoms with Gasteiger partial charge in [-0.3, -0.25) is 4.98 Å². The summed E-state index contributed by atoms with van der Waals surface area (Å²) in [6, 6.07) is 4.78. The lowest BCUT2D eigenvalue weighted by atomic mass is 10.1. The van der Waals surface area contributed by atoms with Gasteiger partial charge in [0.1, 0.15) is 17.3 Å². The van der Waals surface area contributed by atoms with Crippen LogP contribution in [-0.4, -0.2) is 20.2 Å². The van der Waals surface area contributed by atoms with E-state index in [0.29, 0.717) is 15.7 Å². The van der Waals surface area contributed by atoms with E-state index in [4.69, 9.17) is 28.0 Å². The van der Waals surface area contributed by atoms with E-state index in [1.165, 1.54) is 18.3 Å². The summed E-state index contributed by atoms with van der Waals surface area (Å²) in [5.41, 5.74) is 0.808. The zero-order chi connectivity index (χ0) is 18.5. The van der Waals surface area contributed by atoms with Crippen molar-refractivity contribution >= 4 is 28.9 Å². The summed E-state index contributed by atoms with van der Waals surface area (Å²) in [5, 5.41) is 4.72. The van der Waals surface area contributed by atoms with Gasteiger partial charge in [0.2, 0.25) is 0 Å². The molecule has 0 saturated heterocycles. The summed E-state index contributed by atoms with van der Waals surface area (Å²) >= 11 is 11.8. The lowest BCUT2D eigenvalue weighted by molar-refractivity contribution is 0.127. The third-order valence-electron chi connectivity index (χ3n) is 3.39. The Bertz CT molecular complexity index is 933. The van der Waals surface area contributed by atoms with Gasteiger partial charge in [0, 0.05) is 30.2 Å². The van der Waals surface area contributed by atoms with Crippen molar-refractivity contribution in [2.45, 2.75) is 13.2 Å². The van der Waals surface area contributed by atoms with Crippen LogP contribution in [0.2, 0.25) is 10.0 Å². The molecular formula is C17H12Cl2F2N4O. The molecule has 2 aromatic heterocycles. The SMILES string of the molecule is Fc1ccc(C(Cn2ccnc2)=NOCc2ncc(Cl)cc2Cl)c(F)c1. The Labute approximate surface area is 157 Å². The first-order valence-electron chi connectivity index (χ1n) is 7.43. The van der Waals surface area contributed by atoms with Gasteiger partial charge in [0.15, 0.2) is 6.61 Å². The van der Waals surface area contributed by atoms with Gasteiger partial charge >= 0.3 is 0 Å². The summed E-state index contributed by atoms with van der Waals surface area (Å²) in [5.74, 6) is -1.42. The van der Waals surface area contributed by atoms with Gasteiger partial charge in [0.25, 0.3) is 0 Å². The molecule has 0 amide bonds. The molecule has 5 nitrogen and oxygen atoms in total. The molecule has 0 fully saturated rings. The highest BCUT2D eigenvalue weighted by Crippen LogP contribution is 2.19. The highest BCUT2D eigenvalue weighted by molar-refractivity contribution is 6.34. The molecule has 9 heteroatoms.